The van der Waals surface area contributed by atoms with Crippen molar-refractivity contribution in [1.29, 1.82) is 0 Å². The highest BCUT2D eigenvalue weighted by Crippen LogP contribution is 2.39. The average Bonchev–Trinajstić information content (AvgIpc) is 2.91. The van der Waals surface area contributed by atoms with E-state index in [0.717, 1.165) is 19.5 Å². The maximum absolute atomic E-state index is 14.7. The van der Waals surface area contributed by atoms with Crippen LogP contribution in [0.2, 0.25) is 0 Å². The minimum atomic E-state index is -0.592. The Morgan fingerprint density at radius 3 is 2.75 bits per heavy atom. The Kier molecular flexibility index (Phi) is 7.02. The molecule has 0 saturated carbocycles. The van der Waals surface area contributed by atoms with Crippen LogP contribution in [0.25, 0.3) is 0 Å². The van der Waals surface area contributed by atoms with Gasteiger partial charge in [0.05, 0.1) is 18.6 Å². The number of piperidine rings is 1. The second-order valence-corrected chi connectivity index (χ2v) is 7.67. The van der Waals surface area contributed by atoms with Crippen molar-refractivity contribution in [2.75, 3.05) is 53.5 Å². The maximum Gasteiger partial charge on any atom is 0.228 e. The van der Waals surface area contributed by atoms with Gasteiger partial charge in [-0.15, -0.1) is 0 Å². The van der Waals surface area contributed by atoms with Crippen LogP contribution in [0.4, 0.5) is 4.39 Å². The Labute approximate surface area is 166 Å². The highest BCUT2D eigenvalue weighted by atomic mass is 19.1. The van der Waals surface area contributed by atoms with E-state index in [0.29, 0.717) is 44.6 Å². The van der Waals surface area contributed by atoms with E-state index >= 15 is 0 Å². The molecule has 2 heterocycles. The van der Waals surface area contributed by atoms with Gasteiger partial charge in [0, 0.05) is 45.3 Å². The first-order valence-corrected chi connectivity index (χ1v) is 10.0. The lowest BCUT2D eigenvalue weighted by Crippen LogP contribution is -2.50. The molecule has 0 aliphatic carbocycles. The molecule has 2 aliphatic rings. The fourth-order valence-electron chi connectivity index (χ4n) is 4.27. The summed E-state index contributed by atoms with van der Waals surface area (Å²) in [5.74, 6) is -0.837. The summed E-state index contributed by atoms with van der Waals surface area (Å²) in [6, 6.07) is 5.88. The summed E-state index contributed by atoms with van der Waals surface area (Å²) in [6.07, 6.45) is 1.68. The Bertz CT molecular complexity index is 699. The molecule has 2 fully saturated rings. The molecule has 6 nitrogen and oxygen atoms in total. The second-order valence-electron chi connectivity index (χ2n) is 7.67. The van der Waals surface area contributed by atoms with E-state index in [4.69, 9.17) is 4.74 Å². The first kappa shape index (κ1) is 20.7. The van der Waals surface area contributed by atoms with Crippen molar-refractivity contribution in [2.45, 2.75) is 25.3 Å². The van der Waals surface area contributed by atoms with Crippen LogP contribution >= 0.6 is 0 Å². The number of likely N-dealkylation sites (tertiary alicyclic amines) is 1. The molecule has 2 amide bonds. The summed E-state index contributed by atoms with van der Waals surface area (Å²) < 4.78 is 19.9. The zero-order valence-corrected chi connectivity index (χ0v) is 16.8. The Hall–Kier alpha value is -1.99. The molecule has 7 heteroatoms. The SMILES string of the molecule is COCCN1C(=O)CC[C@@H](C(=O)N2CCCN(C)CC2)[C@@H]1c1ccccc1F. The van der Waals surface area contributed by atoms with Gasteiger partial charge in [0.15, 0.2) is 0 Å². The quantitative estimate of drug-likeness (QED) is 0.770. The number of hydrogen-bond donors (Lipinski definition) is 0. The van der Waals surface area contributed by atoms with E-state index in [1.807, 2.05) is 4.90 Å². The van der Waals surface area contributed by atoms with Crippen LogP contribution in [0, 0.1) is 11.7 Å². The van der Waals surface area contributed by atoms with Crippen molar-refractivity contribution in [3.63, 3.8) is 0 Å². The predicted octanol–water partition coefficient (Wildman–Crippen LogP) is 1.92. The number of hydrogen-bond acceptors (Lipinski definition) is 4. The third-order valence-corrected chi connectivity index (χ3v) is 5.82. The lowest BCUT2D eigenvalue weighted by Gasteiger charge is -2.42. The van der Waals surface area contributed by atoms with Gasteiger partial charge in [-0.2, -0.15) is 0 Å². The van der Waals surface area contributed by atoms with Crippen molar-refractivity contribution in [2.24, 2.45) is 5.92 Å². The minimum Gasteiger partial charge on any atom is -0.383 e. The number of methoxy groups -OCH3 is 1. The Morgan fingerprint density at radius 2 is 2.00 bits per heavy atom. The van der Waals surface area contributed by atoms with Crippen LogP contribution in [-0.4, -0.2) is 80.0 Å². The molecule has 2 saturated heterocycles. The number of likely N-dealkylation sites (N-methyl/N-ethyl adjacent to an activating group) is 1. The van der Waals surface area contributed by atoms with Gasteiger partial charge in [0.1, 0.15) is 5.82 Å². The summed E-state index contributed by atoms with van der Waals surface area (Å²) in [5.41, 5.74) is 0.414. The van der Waals surface area contributed by atoms with Crippen molar-refractivity contribution in [1.82, 2.24) is 14.7 Å². The summed E-state index contributed by atoms with van der Waals surface area (Å²) in [4.78, 5) is 31.9. The lowest BCUT2D eigenvalue weighted by atomic mass is 9.83. The third-order valence-electron chi connectivity index (χ3n) is 5.82. The standard InChI is InChI=1S/C21H30FN3O3/c1-23-10-5-11-24(13-12-23)21(27)17-8-9-19(26)25(14-15-28-2)20(17)16-6-3-4-7-18(16)22/h3-4,6-7,17,20H,5,8-15H2,1-2H3/t17-,20+/m1/s1. The molecule has 0 N–H and O–H groups in total. The molecule has 3 rings (SSSR count). The van der Waals surface area contributed by atoms with Gasteiger partial charge in [-0.1, -0.05) is 18.2 Å². The summed E-state index contributed by atoms with van der Waals surface area (Å²) in [7, 11) is 3.63. The van der Waals surface area contributed by atoms with Crippen LogP contribution in [0.15, 0.2) is 24.3 Å². The van der Waals surface area contributed by atoms with Crippen molar-refractivity contribution in [3.8, 4) is 0 Å². The number of nitrogens with zero attached hydrogens (tertiary/aromatic N) is 3. The minimum absolute atomic E-state index is 0.0264. The molecular formula is C21H30FN3O3. The topological polar surface area (TPSA) is 53.1 Å². The molecule has 0 aromatic heterocycles. The van der Waals surface area contributed by atoms with Gasteiger partial charge in [-0.25, -0.2) is 4.39 Å². The van der Waals surface area contributed by atoms with Gasteiger partial charge in [-0.3, -0.25) is 9.59 Å². The maximum atomic E-state index is 14.7. The van der Waals surface area contributed by atoms with Gasteiger partial charge >= 0.3 is 0 Å². The number of carbonyl (C=O) groups is 2. The molecule has 0 bridgehead atoms. The van der Waals surface area contributed by atoms with Crippen LogP contribution in [0.3, 0.4) is 0 Å². The Morgan fingerprint density at radius 1 is 1.21 bits per heavy atom. The highest BCUT2D eigenvalue weighted by molar-refractivity contribution is 5.85. The van der Waals surface area contributed by atoms with E-state index in [2.05, 4.69) is 11.9 Å². The van der Waals surface area contributed by atoms with E-state index in [1.165, 1.54) is 6.07 Å². The molecule has 1 aromatic carbocycles. The largest absolute Gasteiger partial charge is 0.383 e. The van der Waals surface area contributed by atoms with Crippen molar-refractivity contribution >= 4 is 11.8 Å². The zero-order valence-electron chi connectivity index (χ0n) is 16.8. The number of halogens is 1. The smallest absolute Gasteiger partial charge is 0.228 e. The van der Waals surface area contributed by atoms with Crippen LogP contribution in [-0.2, 0) is 14.3 Å². The molecule has 154 valence electrons. The number of ether oxygens (including phenoxy) is 1. The first-order chi connectivity index (χ1) is 13.5. The van der Waals surface area contributed by atoms with Gasteiger partial charge in [0.25, 0.3) is 0 Å². The monoisotopic (exact) mass is 391 g/mol. The van der Waals surface area contributed by atoms with Crippen molar-refractivity contribution < 1.29 is 18.7 Å². The summed E-state index contributed by atoms with van der Waals surface area (Å²) in [6.45, 7) is 3.86. The van der Waals surface area contributed by atoms with Crippen LogP contribution < -0.4 is 0 Å². The summed E-state index contributed by atoms with van der Waals surface area (Å²) in [5, 5.41) is 0. The average molecular weight is 391 g/mol. The number of benzene rings is 1. The third kappa shape index (κ3) is 4.52. The molecule has 28 heavy (non-hydrogen) atoms. The number of amides is 2. The zero-order chi connectivity index (χ0) is 20.1. The van der Waals surface area contributed by atoms with Crippen molar-refractivity contribution in [3.05, 3.63) is 35.6 Å². The lowest BCUT2D eigenvalue weighted by molar-refractivity contribution is -0.148. The second kappa shape index (κ2) is 9.47. The first-order valence-electron chi connectivity index (χ1n) is 10.0. The van der Waals surface area contributed by atoms with E-state index in [-0.39, 0.29) is 17.6 Å². The molecule has 0 spiro atoms. The Balaban J connectivity index is 1.91. The number of carbonyl (C=O) groups excluding carboxylic acids is 2. The van der Waals surface area contributed by atoms with E-state index in [1.54, 1.807) is 30.2 Å². The summed E-state index contributed by atoms with van der Waals surface area (Å²) >= 11 is 0. The van der Waals surface area contributed by atoms with Gasteiger partial charge < -0.3 is 19.4 Å². The molecule has 0 radical (unpaired) electrons. The molecule has 2 aliphatic heterocycles. The normalized spacial score (nSPS) is 24.3. The molecular weight excluding hydrogens is 361 g/mol. The fraction of sp³-hybridized carbons (Fsp3) is 0.619. The van der Waals surface area contributed by atoms with Gasteiger partial charge in [-0.05, 0) is 32.5 Å². The highest BCUT2D eigenvalue weighted by Gasteiger charge is 2.43. The molecule has 2 atom stereocenters. The van der Waals surface area contributed by atoms with Gasteiger partial charge in [0.2, 0.25) is 11.8 Å². The van der Waals surface area contributed by atoms with E-state index < -0.39 is 12.0 Å². The number of rotatable bonds is 5. The van der Waals surface area contributed by atoms with Crippen LogP contribution in [0.1, 0.15) is 30.9 Å². The van der Waals surface area contributed by atoms with Crippen LogP contribution in [0.5, 0.6) is 0 Å². The molecule has 1 aromatic rings. The predicted molar refractivity (Wildman–Crippen MR) is 104 cm³/mol. The molecule has 0 unspecified atom stereocenters. The van der Waals surface area contributed by atoms with E-state index in [9.17, 15) is 14.0 Å². The fourth-order valence-corrected chi connectivity index (χ4v) is 4.27.